The van der Waals surface area contributed by atoms with Gasteiger partial charge in [0.25, 0.3) is 0 Å². The van der Waals surface area contributed by atoms with Gasteiger partial charge in [0, 0.05) is 36.5 Å². The molecule has 1 fully saturated rings. The van der Waals surface area contributed by atoms with Crippen molar-refractivity contribution in [1.29, 1.82) is 0 Å². The number of anilines is 1. The summed E-state index contributed by atoms with van der Waals surface area (Å²) in [5.41, 5.74) is 3.18. The molecule has 7 heteroatoms. The number of rotatable bonds is 5. The number of H-pyrrole nitrogens is 1. The lowest BCUT2D eigenvalue weighted by Gasteiger charge is -2.33. The Hall–Kier alpha value is -2.38. The molecule has 0 radical (unpaired) electrons. The Labute approximate surface area is 159 Å². The highest BCUT2D eigenvalue weighted by molar-refractivity contribution is 7.90. The number of aromatic amines is 1. The summed E-state index contributed by atoms with van der Waals surface area (Å²) in [7, 11) is -3.17. The maximum Gasteiger partial charge on any atom is 0.175 e. The Morgan fingerprint density at radius 3 is 3.00 bits per heavy atom. The van der Waals surface area contributed by atoms with Crippen LogP contribution in [0.2, 0.25) is 0 Å². The summed E-state index contributed by atoms with van der Waals surface area (Å²) in [4.78, 5) is 2.78. The van der Waals surface area contributed by atoms with Gasteiger partial charge in [0.1, 0.15) is 0 Å². The van der Waals surface area contributed by atoms with Gasteiger partial charge in [-0.15, -0.1) is 0 Å². The number of benzene rings is 2. The number of hydrogen-bond donors (Lipinski definition) is 2. The van der Waals surface area contributed by atoms with E-state index >= 15 is 0 Å². The van der Waals surface area contributed by atoms with Crippen molar-refractivity contribution in [2.45, 2.75) is 30.3 Å². The van der Waals surface area contributed by atoms with Crippen LogP contribution in [0, 0.1) is 0 Å². The van der Waals surface area contributed by atoms with Gasteiger partial charge in [-0.2, -0.15) is 5.10 Å². The molecule has 3 aromatic rings. The minimum atomic E-state index is -3.17. The summed E-state index contributed by atoms with van der Waals surface area (Å²) in [6, 6.07) is 13.9. The zero-order valence-corrected chi connectivity index (χ0v) is 16.2. The predicted octanol–water partition coefficient (Wildman–Crippen LogP) is 3.04. The maximum absolute atomic E-state index is 11.8. The number of likely N-dealkylation sites (tertiary alicyclic amines) is 1. The lowest BCUT2D eigenvalue weighted by atomic mass is 10.0. The number of nitrogens with one attached hydrogen (secondary N) is 2. The molecule has 6 nitrogen and oxygen atoms in total. The zero-order valence-electron chi connectivity index (χ0n) is 15.4. The molecule has 1 saturated heterocycles. The number of hydrogen-bond acceptors (Lipinski definition) is 5. The molecule has 4 rings (SSSR count). The van der Waals surface area contributed by atoms with E-state index in [1.807, 2.05) is 24.4 Å². The number of fused-ring (bicyclic) bond motifs is 1. The van der Waals surface area contributed by atoms with Gasteiger partial charge in [0.15, 0.2) is 9.84 Å². The maximum atomic E-state index is 11.8. The highest BCUT2D eigenvalue weighted by Gasteiger charge is 2.20. The molecule has 2 aromatic carbocycles. The van der Waals surface area contributed by atoms with Crippen LogP contribution in [0.5, 0.6) is 0 Å². The van der Waals surface area contributed by atoms with Crippen LogP contribution in [0.3, 0.4) is 0 Å². The first-order valence-corrected chi connectivity index (χ1v) is 11.1. The second kappa shape index (κ2) is 7.32. The molecule has 1 atom stereocenters. The van der Waals surface area contributed by atoms with E-state index in [1.54, 1.807) is 12.1 Å². The van der Waals surface area contributed by atoms with Gasteiger partial charge in [-0.3, -0.25) is 10.00 Å². The van der Waals surface area contributed by atoms with E-state index in [0.29, 0.717) is 10.9 Å². The van der Waals surface area contributed by atoms with Crippen LogP contribution in [-0.2, 0) is 16.4 Å². The van der Waals surface area contributed by atoms with Gasteiger partial charge in [-0.05, 0) is 55.3 Å². The van der Waals surface area contributed by atoms with Crippen molar-refractivity contribution in [3.05, 3.63) is 54.2 Å². The highest BCUT2D eigenvalue weighted by atomic mass is 32.2. The number of aromatic nitrogens is 2. The monoisotopic (exact) mass is 384 g/mol. The zero-order chi connectivity index (χ0) is 18.9. The largest absolute Gasteiger partial charge is 0.381 e. The summed E-state index contributed by atoms with van der Waals surface area (Å²) >= 11 is 0. The fraction of sp³-hybridized carbons (Fsp3) is 0.350. The first-order valence-electron chi connectivity index (χ1n) is 9.18. The summed E-state index contributed by atoms with van der Waals surface area (Å²) in [6.07, 6.45) is 5.34. The summed E-state index contributed by atoms with van der Waals surface area (Å²) in [5.74, 6) is 0. The summed E-state index contributed by atoms with van der Waals surface area (Å²) in [5, 5.41) is 11.8. The molecule has 0 spiro atoms. The quantitative estimate of drug-likeness (QED) is 0.707. The third-order valence-electron chi connectivity index (χ3n) is 5.05. The molecule has 1 aliphatic heterocycles. The topological polar surface area (TPSA) is 78.1 Å². The predicted molar refractivity (Wildman–Crippen MR) is 108 cm³/mol. The molecular weight excluding hydrogens is 360 g/mol. The van der Waals surface area contributed by atoms with E-state index in [9.17, 15) is 8.42 Å². The third-order valence-corrected chi connectivity index (χ3v) is 6.16. The van der Waals surface area contributed by atoms with Crippen molar-refractivity contribution in [3.8, 4) is 0 Å². The van der Waals surface area contributed by atoms with E-state index in [2.05, 4.69) is 32.5 Å². The van der Waals surface area contributed by atoms with Crippen LogP contribution in [0.1, 0.15) is 18.4 Å². The van der Waals surface area contributed by atoms with Crippen molar-refractivity contribution in [2.75, 3.05) is 24.7 Å². The van der Waals surface area contributed by atoms with E-state index < -0.39 is 9.84 Å². The SMILES string of the molecule is CS(=O)(=O)c1cccc(CN2CCC[C@H](Nc3ccc4[nH]ncc4c3)C2)c1. The van der Waals surface area contributed by atoms with Crippen molar-refractivity contribution in [1.82, 2.24) is 15.1 Å². The smallest absolute Gasteiger partial charge is 0.175 e. The fourth-order valence-electron chi connectivity index (χ4n) is 3.72. The molecule has 0 aliphatic carbocycles. The normalized spacial score (nSPS) is 18.6. The van der Waals surface area contributed by atoms with Gasteiger partial charge in [0.2, 0.25) is 0 Å². The molecular formula is C20H24N4O2S. The van der Waals surface area contributed by atoms with Gasteiger partial charge < -0.3 is 5.32 Å². The molecule has 1 aliphatic rings. The van der Waals surface area contributed by atoms with E-state index in [1.165, 1.54) is 6.26 Å². The van der Waals surface area contributed by atoms with Crippen LogP contribution < -0.4 is 5.32 Å². The van der Waals surface area contributed by atoms with E-state index in [0.717, 1.165) is 54.6 Å². The molecule has 2 N–H and O–H groups in total. The van der Waals surface area contributed by atoms with Crippen LogP contribution in [0.15, 0.2) is 53.6 Å². The van der Waals surface area contributed by atoms with Gasteiger partial charge in [-0.25, -0.2) is 8.42 Å². The van der Waals surface area contributed by atoms with Crippen LogP contribution in [-0.4, -0.2) is 48.9 Å². The molecule has 0 bridgehead atoms. The lowest BCUT2D eigenvalue weighted by Crippen LogP contribution is -2.41. The highest BCUT2D eigenvalue weighted by Crippen LogP contribution is 2.22. The Morgan fingerprint density at radius 2 is 2.15 bits per heavy atom. The lowest BCUT2D eigenvalue weighted by molar-refractivity contribution is 0.208. The number of piperidine rings is 1. The van der Waals surface area contributed by atoms with E-state index in [4.69, 9.17) is 0 Å². The Balaban J connectivity index is 1.42. The van der Waals surface area contributed by atoms with Gasteiger partial charge in [0.05, 0.1) is 16.6 Å². The van der Waals surface area contributed by atoms with Crippen LogP contribution >= 0.6 is 0 Å². The number of sulfone groups is 1. The first-order chi connectivity index (χ1) is 13.0. The Morgan fingerprint density at radius 1 is 1.26 bits per heavy atom. The number of nitrogens with zero attached hydrogens (tertiary/aromatic N) is 2. The van der Waals surface area contributed by atoms with Crippen LogP contribution in [0.25, 0.3) is 10.9 Å². The second-order valence-electron chi connectivity index (χ2n) is 7.31. The second-order valence-corrected chi connectivity index (χ2v) is 9.33. The van der Waals surface area contributed by atoms with E-state index in [-0.39, 0.29) is 0 Å². The average Bonchev–Trinajstić information content (AvgIpc) is 3.09. The van der Waals surface area contributed by atoms with Gasteiger partial charge in [-0.1, -0.05) is 12.1 Å². The van der Waals surface area contributed by atoms with Crippen LogP contribution in [0.4, 0.5) is 5.69 Å². The fourth-order valence-corrected chi connectivity index (χ4v) is 4.41. The summed E-state index contributed by atoms with van der Waals surface area (Å²) < 4.78 is 23.6. The molecule has 0 amide bonds. The standard InChI is InChI=1S/C20H24N4O2S/c1-27(25,26)19-6-2-4-15(10-19)13-24-9-3-5-18(14-24)22-17-7-8-20-16(11-17)12-21-23-20/h2,4,6-8,10-12,18,22H,3,5,9,13-14H2,1H3,(H,21,23)/t18-/m0/s1. The average molecular weight is 385 g/mol. The molecule has 0 saturated carbocycles. The third kappa shape index (κ3) is 4.31. The molecule has 2 heterocycles. The minimum absolute atomic E-state index is 0.376. The van der Waals surface area contributed by atoms with Crippen molar-refractivity contribution in [2.24, 2.45) is 0 Å². The Bertz CT molecular complexity index is 1040. The van der Waals surface area contributed by atoms with Crippen molar-refractivity contribution < 1.29 is 8.42 Å². The minimum Gasteiger partial charge on any atom is -0.381 e. The molecule has 27 heavy (non-hydrogen) atoms. The molecule has 1 aromatic heterocycles. The van der Waals surface area contributed by atoms with Gasteiger partial charge >= 0.3 is 0 Å². The molecule has 0 unspecified atom stereocenters. The van der Waals surface area contributed by atoms with Crippen molar-refractivity contribution >= 4 is 26.4 Å². The Kier molecular flexibility index (Phi) is 4.88. The molecule has 142 valence electrons. The first kappa shape index (κ1) is 18.0. The summed E-state index contributed by atoms with van der Waals surface area (Å²) in [6.45, 7) is 2.73. The van der Waals surface area contributed by atoms with Crippen molar-refractivity contribution in [3.63, 3.8) is 0 Å².